The van der Waals surface area contributed by atoms with E-state index in [9.17, 15) is 0 Å². The van der Waals surface area contributed by atoms with Gasteiger partial charge in [-0.15, -0.1) is 0 Å². The minimum Gasteiger partial charge on any atom is -0.225 e. The van der Waals surface area contributed by atoms with Crippen LogP contribution in [0.15, 0.2) is 97.1 Å². The summed E-state index contributed by atoms with van der Waals surface area (Å²) in [4.78, 5) is 0. The van der Waals surface area contributed by atoms with Gasteiger partial charge in [0, 0.05) is 10.8 Å². The van der Waals surface area contributed by atoms with Crippen LogP contribution in [0.1, 0.15) is 45.2 Å². The van der Waals surface area contributed by atoms with Crippen LogP contribution in [0.2, 0.25) is 0 Å². The van der Waals surface area contributed by atoms with Gasteiger partial charge in [0.1, 0.15) is 27.8 Å². The predicted molar refractivity (Wildman–Crippen MR) is 142 cm³/mol. The number of hydrogen-bond donors (Lipinski definition) is 0. The van der Waals surface area contributed by atoms with E-state index in [2.05, 4.69) is 138 Å². The molecule has 0 radical (unpaired) electrons. The zero-order valence-corrected chi connectivity index (χ0v) is 20.2. The molecule has 168 valence electrons. The molecule has 2 heterocycles. The first-order valence-electron chi connectivity index (χ1n) is 12.2. The number of hydrogen-bond acceptors (Lipinski definition) is 0. The standard InChI is InChI=1S/C31H30N3/c1-21(2)24-16-12-17-26-25-15-8-9-18-27(25)34(30(24)26)31-32(22(3)4)28-19-10-11-20-29(28)33(31)23-13-6-5-7-14-23/h5-22H,1-4H3/q+1. The quantitative estimate of drug-likeness (QED) is 0.247. The maximum absolute atomic E-state index is 2.51. The largest absolute Gasteiger partial charge is 0.376 e. The van der Waals surface area contributed by atoms with Crippen LogP contribution in [-0.2, 0) is 0 Å². The fourth-order valence-corrected chi connectivity index (χ4v) is 5.45. The molecule has 4 aromatic carbocycles. The summed E-state index contributed by atoms with van der Waals surface area (Å²) in [7, 11) is 0. The van der Waals surface area contributed by atoms with Crippen LogP contribution in [0.5, 0.6) is 0 Å². The van der Waals surface area contributed by atoms with Crippen LogP contribution in [-0.4, -0.2) is 9.13 Å². The lowest BCUT2D eigenvalue weighted by atomic mass is 10.00. The second-order valence-electron chi connectivity index (χ2n) is 9.67. The molecule has 0 saturated carbocycles. The summed E-state index contributed by atoms with van der Waals surface area (Å²) in [5.41, 5.74) is 7.53. The third kappa shape index (κ3) is 2.93. The van der Waals surface area contributed by atoms with E-state index in [1.807, 2.05) is 0 Å². The maximum atomic E-state index is 2.51. The number of benzene rings is 4. The highest BCUT2D eigenvalue weighted by molar-refractivity contribution is 6.10. The molecule has 0 bridgehead atoms. The molecular formula is C31H30N3+. The molecule has 0 aliphatic heterocycles. The Morgan fingerprint density at radius 2 is 1.24 bits per heavy atom. The Morgan fingerprint density at radius 3 is 1.97 bits per heavy atom. The van der Waals surface area contributed by atoms with Crippen molar-refractivity contribution in [1.29, 1.82) is 0 Å². The van der Waals surface area contributed by atoms with Crippen molar-refractivity contribution in [2.75, 3.05) is 0 Å². The summed E-state index contributed by atoms with van der Waals surface area (Å²) in [5.74, 6) is 1.58. The second kappa shape index (κ2) is 7.88. The van der Waals surface area contributed by atoms with Gasteiger partial charge in [-0.25, -0.2) is 4.57 Å². The van der Waals surface area contributed by atoms with Gasteiger partial charge in [0.15, 0.2) is 0 Å². The molecule has 6 rings (SSSR count). The smallest absolute Gasteiger partial charge is 0.225 e. The van der Waals surface area contributed by atoms with Gasteiger partial charge in [-0.2, -0.15) is 9.13 Å². The molecule has 0 aliphatic carbocycles. The summed E-state index contributed by atoms with van der Waals surface area (Å²) in [5, 5.41) is 2.60. The normalized spacial score (nSPS) is 12.1. The molecule has 0 aliphatic rings. The molecule has 0 fully saturated rings. The van der Waals surface area contributed by atoms with Crippen LogP contribution >= 0.6 is 0 Å². The van der Waals surface area contributed by atoms with Crippen molar-refractivity contribution in [2.24, 2.45) is 0 Å². The van der Waals surface area contributed by atoms with E-state index in [4.69, 9.17) is 0 Å². The van der Waals surface area contributed by atoms with Crippen molar-refractivity contribution < 1.29 is 4.57 Å². The molecule has 2 aromatic heterocycles. The minimum absolute atomic E-state index is 0.285. The average molecular weight is 445 g/mol. The highest BCUT2D eigenvalue weighted by atomic mass is 15.3. The maximum Gasteiger partial charge on any atom is 0.376 e. The fraction of sp³-hybridized carbons (Fsp3) is 0.194. The topological polar surface area (TPSA) is 13.7 Å². The average Bonchev–Trinajstić information content (AvgIpc) is 3.37. The molecule has 3 nitrogen and oxygen atoms in total. The third-order valence-corrected chi connectivity index (χ3v) is 6.88. The Labute approximate surface area is 200 Å². The van der Waals surface area contributed by atoms with Gasteiger partial charge < -0.3 is 0 Å². The first-order valence-corrected chi connectivity index (χ1v) is 12.2. The van der Waals surface area contributed by atoms with Crippen molar-refractivity contribution in [3.8, 4) is 11.6 Å². The first kappa shape index (κ1) is 20.7. The van der Waals surface area contributed by atoms with Crippen molar-refractivity contribution in [2.45, 2.75) is 39.7 Å². The van der Waals surface area contributed by atoms with Gasteiger partial charge in [0.05, 0.1) is 6.04 Å². The minimum atomic E-state index is 0.285. The van der Waals surface area contributed by atoms with Gasteiger partial charge in [-0.3, -0.25) is 0 Å². The van der Waals surface area contributed by atoms with Crippen LogP contribution in [0.3, 0.4) is 0 Å². The van der Waals surface area contributed by atoms with Gasteiger partial charge in [-0.05, 0) is 55.7 Å². The first-order chi connectivity index (χ1) is 16.6. The van der Waals surface area contributed by atoms with Gasteiger partial charge in [0.25, 0.3) is 0 Å². The SMILES string of the molecule is CC(C)c1cccc2c3ccccc3n(-c3n(-c4ccccc4)c4ccccc4[n+]3C(C)C)c12. The summed E-state index contributed by atoms with van der Waals surface area (Å²) < 4.78 is 7.43. The number of para-hydroxylation sites is 5. The van der Waals surface area contributed by atoms with Crippen LogP contribution in [0.4, 0.5) is 0 Å². The number of imidazole rings is 1. The molecule has 3 heteroatoms. The van der Waals surface area contributed by atoms with E-state index in [0.717, 1.165) is 0 Å². The Bertz CT molecular complexity index is 1650. The van der Waals surface area contributed by atoms with Crippen molar-refractivity contribution in [3.63, 3.8) is 0 Å². The Morgan fingerprint density at radius 1 is 0.588 bits per heavy atom. The summed E-state index contributed by atoms with van der Waals surface area (Å²) in [6, 6.07) is 35.4. The molecule has 0 N–H and O–H groups in total. The van der Waals surface area contributed by atoms with E-state index in [0.29, 0.717) is 5.92 Å². The molecule has 0 saturated heterocycles. The Kier molecular flexibility index (Phi) is 4.80. The summed E-state index contributed by atoms with van der Waals surface area (Å²) in [6.45, 7) is 9.14. The number of nitrogens with zero attached hydrogens (tertiary/aromatic N) is 3. The second-order valence-corrected chi connectivity index (χ2v) is 9.67. The van der Waals surface area contributed by atoms with Crippen molar-refractivity contribution >= 4 is 32.8 Å². The molecule has 0 unspecified atom stereocenters. The lowest BCUT2D eigenvalue weighted by Crippen LogP contribution is -2.40. The predicted octanol–water partition coefficient (Wildman–Crippen LogP) is 7.72. The monoisotopic (exact) mass is 444 g/mol. The highest BCUT2D eigenvalue weighted by Gasteiger charge is 2.32. The number of aromatic nitrogens is 3. The number of fused-ring (bicyclic) bond motifs is 4. The van der Waals surface area contributed by atoms with Crippen molar-refractivity contribution in [3.05, 3.63) is 103 Å². The van der Waals surface area contributed by atoms with E-state index in [-0.39, 0.29) is 6.04 Å². The van der Waals surface area contributed by atoms with E-state index >= 15 is 0 Å². The lowest BCUT2D eigenvalue weighted by Gasteiger charge is -2.13. The van der Waals surface area contributed by atoms with E-state index in [1.165, 1.54) is 50.0 Å². The van der Waals surface area contributed by atoms with Crippen LogP contribution in [0.25, 0.3) is 44.5 Å². The van der Waals surface area contributed by atoms with Crippen molar-refractivity contribution in [1.82, 2.24) is 9.13 Å². The number of rotatable bonds is 4. The van der Waals surface area contributed by atoms with Gasteiger partial charge in [0.2, 0.25) is 0 Å². The summed E-state index contributed by atoms with van der Waals surface area (Å²) in [6.07, 6.45) is 0. The van der Waals surface area contributed by atoms with E-state index < -0.39 is 0 Å². The highest BCUT2D eigenvalue weighted by Crippen LogP contribution is 2.37. The zero-order valence-electron chi connectivity index (χ0n) is 20.2. The molecule has 0 atom stereocenters. The molecular weight excluding hydrogens is 414 g/mol. The molecule has 34 heavy (non-hydrogen) atoms. The summed E-state index contributed by atoms with van der Waals surface area (Å²) >= 11 is 0. The fourth-order valence-electron chi connectivity index (χ4n) is 5.45. The van der Waals surface area contributed by atoms with Crippen LogP contribution in [0, 0.1) is 0 Å². The van der Waals surface area contributed by atoms with Crippen LogP contribution < -0.4 is 4.57 Å². The lowest BCUT2D eigenvalue weighted by molar-refractivity contribution is -0.685. The zero-order chi connectivity index (χ0) is 23.4. The molecule has 6 aromatic rings. The molecule has 0 amide bonds. The third-order valence-electron chi connectivity index (χ3n) is 6.88. The van der Waals surface area contributed by atoms with Gasteiger partial charge >= 0.3 is 5.95 Å². The molecule has 0 spiro atoms. The Hall–Kier alpha value is -3.85. The van der Waals surface area contributed by atoms with E-state index in [1.54, 1.807) is 0 Å². The Balaban J connectivity index is 1.91. The van der Waals surface area contributed by atoms with Gasteiger partial charge in [-0.1, -0.05) is 80.6 Å².